The Labute approximate surface area is 124 Å². The number of urea groups is 2. The summed E-state index contributed by atoms with van der Waals surface area (Å²) in [6.45, 7) is 0. The minimum absolute atomic E-state index is 0.249. The van der Waals surface area contributed by atoms with Crippen LogP contribution in [0.25, 0.3) is 0 Å². The molecule has 10 heteroatoms. The molecule has 1 aromatic rings. The number of rotatable bonds is 6. The van der Waals surface area contributed by atoms with E-state index in [4.69, 9.17) is 11.5 Å². The van der Waals surface area contributed by atoms with Gasteiger partial charge >= 0.3 is 12.1 Å². The van der Waals surface area contributed by atoms with Crippen molar-refractivity contribution in [1.82, 2.24) is 10.9 Å². The molecule has 22 heavy (non-hydrogen) atoms. The Bertz CT molecular complexity index is 593. The Balaban J connectivity index is 2.70. The maximum Gasteiger partial charge on any atom is 0.332 e. The van der Waals surface area contributed by atoms with Crippen molar-refractivity contribution in [3.05, 3.63) is 35.4 Å². The van der Waals surface area contributed by atoms with Crippen molar-refractivity contribution >= 4 is 36.1 Å². The maximum absolute atomic E-state index is 11.6. The van der Waals surface area contributed by atoms with E-state index in [1.807, 2.05) is 10.9 Å². The minimum Gasteiger partial charge on any atom is -0.350 e. The van der Waals surface area contributed by atoms with E-state index in [2.05, 4.69) is 10.2 Å². The molecule has 1 aromatic carbocycles. The summed E-state index contributed by atoms with van der Waals surface area (Å²) >= 11 is 0. The highest BCUT2D eigenvalue weighted by atomic mass is 16.2. The monoisotopic (exact) mass is 304 g/mol. The number of hydrogen-bond acceptors (Lipinski definition) is 6. The molecule has 0 saturated carbocycles. The Morgan fingerprint density at radius 1 is 0.773 bits per heavy atom. The lowest BCUT2D eigenvalue weighted by Crippen LogP contribution is -2.25. The number of Topliss-reactive ketones (excluding diaryl/α,β-unsaturated/α-hetero) is 2. The number of nitrogens with two attached hydrogens (primary N) is 2. The van der Waals surface area contributed by atoms with Crippen LogP contribution in [-0.4, -0.2) is 36.1 Å². The number of amides is 4. The van der Waals surface area contributed by atoms with Gasteiger partial charge in [-0.05, 0) is 0 Å². The lowest BCUT2D eigenvalue weighted by molar-refractivity contribution is 0.105. The summed E-state index contributed by atoms with van der Waals surface area (Å²) in [6, 6.07) is 3.77. The molecule has 10 nitrogen and oxygen atoms in total. The van der Waals surface area contributed by atoms with Gasteiger partial charge in [0.25, 0.3) is 0 Å². The molecule has 0 unspecified atom stereocenters. The normalized spacial score (nSPS) is 10.5. The fourth-order valence-corrected chi connectivity index (χ4v) is 1.26. The highest BCUT2D eigenvalue weighted by Crippen LogP contribution is 2.05. The summed E-state index contributed by atoms with van der Waals surface area (Å²) in [4.78, 5) is 44.0. The molecule has 0 aliphatic rings. The third kappa shape index (κ3) is 5.61. The van der Waals surface area contributed by atoms with Crippen molar-refractivity contribution in [3.63, 3.8) is 0 Å². The largest absolute Gasteiger partial charge is 0.350 e. The predicted octanol–water partition coefficient (Wildman–Crippen LogP) is -0.640. The van der Waals surface area contributed by atoms with E-state index in [1.165, 1.54) is 24.3 Å². The highest BCUT2D eigenvalue weighted by molar-refractivity contribution is 6.37. The summed E-state index contributed by atoms with van der Waals surface area (Å²) in [5.41, 5.74) is 13.8. The van der Waals surface area contributed by atoms with Gasteiger partial charge in [-0.1, -0.05) is 24.3 Å². The first kappa shape index (κ1) is 16.5. The smallest absolute Gasteiger partial charge is 0.332 e. The molecule has 0 fully saturated rings. The Morgan fingerprint density at radius 3 is 1.36 bits per heavy atom. The fourth-order valence-electron chi connectivity index (χ4n) is 1.26. The molecule has 0 aliphatic carbocycles. The van der Waals surface area contributed by atoms with Gasteiger partial charge in [-0.15, -0.1) is 0 Å². The van der Waals surface area contributed by atoms with Crippen molar-refractivity contribution < 1.29 is 19.2 Å². The summed E-state index contributed by atoms with van der Waals surface area (Å²) in [7, 11) is 0. The first-order valence-electron chi connectivity index (χ1n) is 5.76. The Kier molecular flexibility index (Phi) is 5.92. The van der Waals surface area contributed by atoms with Gasteiger partial charge in [0, 0.05) is 11.1 Å². The summed E-state index contributed by atoms with van der Waals surface area (Å²) < 4.78 is 0. The second-order valence-electron chi connectivity index (χ2n) is 3.77. The van der Waals surface area contributed by atoms with E-state index in [-0.39, 0.29) is 11.1 Å². The quantitative estimate of drug-likeness (QED) is 0.311. The molecule has 114 valence electrons. The molecule has 0 aromatic heterocycles. The van der Waals surface area contributed by atoms with Gasteiger partial charge in [-0.25, -0.2) is 20.4 Å². The number of carbonyl (C=O) groups excluding carboxylic acids is 4. The molecule has 0 saturated heterocycles. The van der Waals surface area contributed by atoms with E-state index in [0.717, 1.165) is 12.4 Å². The van der Waals surface area contributed by atoms with Crippen LogP contribution >= 0.6 is 0 Å². The molecule has 1 rings (SSSR count). The average Bonchev–Trinajstić information content (AvgIpc) is 2.46. The van der Waals surface area contributed by atoms with Gasteiger partial charge in [-0.2, -0.15) is 10.2 Å². The molecular weight excluding hydrogens is 292 g/mol. The van der Waals surface area contributed by atoms with Gasteiger partial charge < -0.3 is 11.5 Å². The fraction of sp³-hybridized carbons (Fsp3) is 0. The van der Waals surface area contributed by atoms with Gasteiger partial charge in [0.2, 0.25) is 11.6 Å². The highest BCUT2D eigenvalue weighted by Gasteiger charge is 2.06. The van der Waals surface area contributed by atoms with E-state index < -0.39 is 23.6 Å². The van der Waals surface area contributed by atoms with Crippen LogP contribution in [0.2, 0.25) is 0 Å². The number of nitrogens with zero attached hydrogens (tertiary/aromatic N) is 2. The first-order chi connectivity index (χ1) is 10.4. The maximum atomic E-state index is 11.6. The van der Waals surface area contributed by atoms with Crippen LogP contribution < -0.4 is 22.3 Å². The molecule has 0 atom stereocenters. The standard InChI is InChI=1S/C12H12N6O4/c13-11(21)17-15-5-9(19)7-1-2-8(4-3-7)10(20)6-16-18-12(14)22/h1-6H,(H3,13,17,21)(H3,14,18,22)/b15-5-,16-6+. The lowest BCUT2D eigenvalue weighted by atomic mass is 10.1. The Hall–Kier alpha value is -3.56. The van der Waals surface area contributed by atoms with Crippen LogP contribution in [0.1, 0.15) is 20.7 Å². The van der Waals surface area contributed by atoms with E-state index in [9.17, 15) is 19.2 Å². The zero-order valence-corrected chi connectivity index (χ0v) is 11.1. The average molecular weight is 304 g/mol. The second kappa shape index (κ2) is 7.89. The van der Waals surface area contributed by atoms with Gasteiger partial charge in [0.05, 0.1) is 12.4 Å². The van der Waals surface area contributed by atoms with E-state index >= 15 is 0 Å². The minimum atomic E-state index is -0.895. The third-order valence-corrected chi connectivity index (χ3v) is 2.17. The number of hydrogen-bond donors (Lipinski definition) is 4. The second-order valence-corrected chi connectivity index (χ2v) is 3.77. The van der Waals surface area contributed by atoms with Crippen LogP contribution in [0.3, 0.4) is 0 Å². The first-order valence-corrected chi connectivity index (χ1v) is 5.76. The number of benzene rings is 1. The predicted molar refractivity (Wildman–Crippen MR) is 77.5 cm³/mol. The lowest BCUT2D eigenvalue weighted by Gasteiger charge is -1.98. The zero-order chi connectivity index (χ0) is 16.5. The van der Waals surface area contributed by atoms with Crippen molar-refractivity contribution in [2.24, 2.45) is 21.7 Å². The van der Waals surface area contributed by atoms with E-state index in [1.54, 1.807) is 0 Å². The van der Waals surface area contributed by atoms with Crippen LogP contribution in [0.4, 0.5) is 9.59 Å². The number of nitrogens with one attached hydrogen (secondary N) is 2. The van der Waals surface area contributed by atoms with Crippen LogP contribution in [0, 0.1) is 0 Å². The molecule has 0 bridgehead atoms. The number of ketones is 2. The molecule has 0 aliphatic heterocycles. The molecule has 0 radical (unpaired) electrons. The van der Waals surface area contributed by atoms with Crippen molar-refractivity contribution in [2.45, 2.75) is 0 Å². The summed E-state index contributed by atoms with van der Waals surface area (Å²) in [5, 5.41) is 6.64. The van der Waals surface area contributed by atoms with Gasteiger partial charge in [-0.3, -0.25) is 9.59 Å². The van der Waals surface area contributed by atoms with Crippen LogP contribution in [0.5, 0.6) is 0 Å². The Morgan fingerprint density at radius 2 is 1.09 bits per heavy atom. The van der Waals surface area contributed by atoms with Gasteiger partial charge in [0.15, 0.2) is 0 Å². The number of carbonyl (C=O) groups is 4. The van der Waals surface area contributed by atoms with Crippen molar-refractivity contribution in [1.29, 1.82) is 0 Å². The third-order valence-electron chi connectivity index (χ3n) is 2.17. The topological polar surface area (TPSA) is 169 Å². The van der Waals surface area contributed by atoms with Crippen LogP contribution in [-0.2, 0) is 0 Å². The summed E-state index contributed by atoms with van der Waals surface area (Å²) in [5.74, 6) is -0.978. The zero-order valence-electron chi connectivity index (χ0n) is 11.1. The molecular formula is C12H12N6O4. The molecule has 0 heterocycles. The number of hydrazone groups is 2. The van der Waals surface area contributed by atoms with Crippen molar-refractivity contribution in [2.75, 3.05) is 0 Å². The number of primary amides is 2. The SMILES string of the molecule is NC(=O)N/N=C\C(=O)c1ccc(C(=O)/C=N/NC(N)=O)cc1. The summed E-state index contributed by atoms with van der Waals surface area (Å²) in [6.07, 6.45) is 1.75. The molecule has 0 spiro atoms. The van der Waals surface area contributed by atoms with Crippen molar-refractivity contribution in [3.8, 4) is 0 Å². The van der Waals surface area contributed by atoms with Crippen LogP contribution in [0.15, 0.2) is 34.5 Å². The molecule has 6 N–H and O–H groups in total. The molecule has 4 amide bonds. The van der Waals surface area contributed by atoms with Gasteiger partial charge in [0.1, 0.15) is 0 Å². The van der Waals surface area contributed by atoms with E-state index in [0.29, 0.717) is 0 Å².